The molecule has 0 spiro atoms. The summed E-state index contributed by atoms with van der Waals surface area (Å²) in [6.45, 7) is 6.67. The van der Waals surface area contributed by atoms with E-state index in [9.17, 15) is 9.18 Å². The zero-order valence-electron chi connectivity index (χ0n) is 21.2. The molecule has 36 heavy (non-hydrogen) atoms. The van der Waals surface area contributed by atoms with E-state index in [-0.39, 0.29) is 23.7 Å². The van der Waals surface area contributed by atoms with Crippen LogP contribution in [0.25, 0.3) is 11.3 Å². The Kier molecular flexibility index (Phi) is 7.72. The molecule has 0 aliphatic heterocycles. The van der Waals surface area contributed by atoms with Crippen LogP contribution in [0.5, 0.6) is 11.5 Å². The molecule has 3 aromatic rings. The minimum absolute atomic E-state index is 0.115. The summed E-state index contributed by atoms with van der Waals surface area (Å²) in [6, 6.07) is 12.2. The van der Waals surface area contributed by atoms with Gasteiger partial charge < -0.3 is 14.2 Å². The molecule has 190 valence electrons. The average Bonchev–Trinajstić information content (AvgIpc) is 3.43. The van der Waals surface area contributed by atoms with Crippen LogP contribution in [0.2, 0.25) is 0 Å². The lowest BCUT2D eigenvalue weighted by Gasteiger charge is -2.24. The van der Waals surface area contributed by atoms with E-state index in [1.807, 2.05) is 24.3 Å². The Hall–Kier alpha value is -3.68. The molecular weight excluding hydrogens is 461 g/mol. The summed E-state index contributed by atoms with van der Waals surface area (Å²) in [5.41, 5.74) is 3.56. The Morgan fingerprint density at radius 2 is 2.00 bits per heavy atom. The third kappa shape index (κ3) is 5.58. The highest BCUT2D eigenvalue weighted by Crippen LogP contribution is 2.45. The molecule has 1 aliphatic carbocycles. The van der Waals surface area contributed by atoms with Gasteiger partial charge in [0.15, 0.2) is 0 Å². The van der Waals surface area contributed by atoms with Crippen molar-refractivity contribution in [1.29, 1.82) is 0 Å². The van der Waals surface area contributed by atoms with Gasteiger partial charge in [0, 0.05) is 12.5 Å². The lowest BCUT2D eigenvalue weighted by atomic mass is 9.83. The number of carbonyl (C=O) groups excluding carboxylic acids is 1. The Morgan fingerprint density at radius 1 is 1.17 bits per heavy atom. The molecule has 1 aliphatic rings. The Morgan fingerprint density at radius 3 is 2.72 bits per heavy atom. The normalized spacial score (nSPS) is 14.4. The molecule has 0 N–H and O–H groups in total. The van der Waals surface area contributed by atoms with Crippen LogP contribution >= 0.6 is 0 Å². The minimum atomic E-state index is -0.417. The van der Waals surface area contributed by atoms with Crippen LogP contribution in [0, 0.1) is 11.2 Å². The van der Waals surface area contributed by atoms with E-state index in [4.69, 9.17) is 14.2 Å². The van der Waals surface area contributed by atoms with E-state index < -0.39 is 5.82 Å². The average molecular weight is 494 g/mol. The van der Waals surface area contributed by atoms with Crippen LogP contribution in [0.4, 0.5) is 4.39 Å². The highest BCUT2D eigenvalue weighted by Gasteiger charge is 2.34. The minimum Gasteiger partial charge on any atom is -0.497 e. The van der Waals surface area contributed by atoms with Gasteiger partial charge in [-0.25, -0.2) is 9.07 Å². The number of benzene rings is 2. The van der Waals surface area contributed by atoms with E-state index in [0.717, 1.165) is 29.7 Å². The summed E-state index contributed by atoms with van der Waals surface area (Å²) >= 11 is 0. The van der Waals surface area contributed by atoms with Crippen molar-refractivity contribution in [2.45, 2.75) is 53.1 Å². The SMILES string of the molecule is CCOC(=O)CCc1cccc(OCc2nnn(-c3cc(OC)ccc3F)c2C2=CCCC2(C)C)c1. The van der Waals surface area contributed by atoms with Gasteiger partial charge >= 0.3 is 5.97 Å². The number of carbonyl (C=O) groups is 1. The Balaban J connectivity index is 1.62. The second-order valence-electron chi connectivity index (χ2n) is 9.40. The van der Waals surface area contributed by atoms with Crippen LogP contribution in [0.15, 0.2) is 48.5 Å². The molecular formula is C28H32FN3O4. The monoisotopic (exact) mass is 493 g/mol. The van der Waals surface area contributed by atoms with Gasteiger partial charge in [-0.2, -0.15) is 0 Å². The first-order chi connectivity index (χ1) is 17.3. The van der Waals surface area contributed by atoms with Crippen molar-refractivity contribution < 1.29 is 23.4 Å². The Bertz CT molecular complexity index is 1270. The number of aromatic nitrogens is 3. The number of esters is 1. The molecule has 0 saturated carbocycles. The van der Waals surface area contributed by atoms with E-state index >= 15 is 0 Å². The number of hydrogen-bond donors (Lipinski definition) is 0. The van der Waals surface area contributed by atoms with Gasteiger partial charge in [-0.15, -0.1) is 5.10 Å². The molecule has 2 aromatic carbocycles. The zero-order chi connectivity index (χ0) is 25.7. The molecule has 0 saturated heterocycles. The number of rotatable bonds is 10. The van der Waals surface area contributed by atoms with E-state index in [0.29, 0.717) is 36.6 Å². The molecule has 0 bridgehead atoms. The number of methoxy groups -OCH3 is 1. The van der Waals surface area contributed by atoms with Crippen molar-refractivity contribution in [2.24, 2.45) is 5.41 Å². The molecule has 8 heteroatoms. The lowest BCUT2D eigenvalue weighted by molar-refractivity contribution is -0.143. The molecule has 1 heterocycles. The van der Waals surface area contributed by atoms with Gasteiger partial charge in [0.05, 0.1) is 19.4 Å². The fraction of sp³-hybridized carbons (Fsp3) is 0.393. The second kappa shape index (κ2) is 10.9. The summed E-state index contributed by atoms with van der Waals surface area (Å²) in [6.07, 6.45) is 4.96. The zero-order valence-corrected chi connectivity index (χ0v) is 21.2. The second-order valence-corrected chi connectivity index (χ2v) is 9.40. The van der Waals surface area contributed by atoms with E-state index in [1.165, 1.54) is 6.07 Å². The van der Waals surface area contributed by atoms with Gasteiger partial charge in [-0.3, -0.25) is 4.79 Å². The molecule has 0 unspecified atom stereocenters. The van der Waals surface area contributed by atoms with Gasteiger partial charge in [0.25, 0.3) is 0 Å². The number of ether oxygens (including phenoxy) is 3. The van der Waals surface area contributed by atoms with Crippen molar-refractivity contribution in [3.63, 3.8) is 0 Å². The van der Waals surface area contributed by atoms with Crippen molar-refractivity contribution in [1.82, 2.24) is 15.0 Å². The fourth-order valence-corrected chi connectivity index (χ4v) is 4.46. The molecule has 7 nitrogen and oxygen atoms in total. The summed E-state index contributed by atoms with van der Waals surface area (Å²) in [5.74, 6) is 0.552. The smallest absolute Gasteiger partial charge is 0.306 e. The number of halogens is 1. The van der Waals surface area contributed by atoms with Gasteiger partial charge in [0.1, 0.15) is 35.3 Å². The van der Waals surface area contributed by atoms with Crippen molar-refractivity contribution in [2.75, 3.05) is 13.7 Å². The summed E-state index contributed by atoms with van der Waals surface area (Å²) < 4.78 is 32.9. The van der Waals surface area contributed by atoms with Gasteiger partial charge in [0.2, 0.25) is 0 Å². The topological polar surface area (TPSA) is 75.5 Å². The number of nitrogens with zero attached hydrogens (tertiary/aromatic N) is 3. The maximum atomic E-state index is 14.9. The first-order valence-electron chi connectivity index (χ1n) is 12.2. The van der Waals surface area contributed by atoms with Gasteiger partial charge in [-0.05, 0) is 67.0 Å². The molecule has 0 amide bonds. The Labute approximate surface area is 210 Å². The van der Waals surface area contributed by atoms with Gasteiger partial charge in [-0.1, -0.05) is 37.3 Å². The number of allylic oxidation sites excluding steroid dienone is 2. The first kappa shape index (κ1) is 25.4. The van der Waals surface area contributed by atoms with Crippen LogP contribution in [0.1, 0.15) is 57.0 Å². The van der Waals surface area contributed by atoms with Crippen molar-refractivity contribution >= 4 is 11.5 Å². The largest absolute Gasteiger partial charge is 0.497 e. The summed E-state index contributed by atoms with van der Waals surface area (Å²) in [7, 11) is 1.54. The predicted octanol–water partition coefficient (Wildman–Crippen LogP) is 5.69. The van der Waals surface area contributed by atoms with E-state index in [2.05, 4.69) is 30.2 Å². The number of aryl methyl sites for hydroxylation is 1. The molecule has 4 rings (SSSR count). The highest BCUT2D eigenvalue weighted by atomic mass is 19.1. The fourth-order valence-electron chi connectivity index (χ4n) is 4.46. The first-order valence-corrected chi connectivity index (χ1v) is 12.2. The molecule has 0 fully saturated rings. The maximum absolute atomic E-state index is 14.9. The summed E-state index contributed by atoms with van der Waals surface area (Å²) in [4.78, 5) is 11.7. The predicted molar refractivity (Wildman–Crippen MR) is 135 cm³/mol. The molecule has 1 aromatic heterocycles. The van der Waals surface area contributed by atoms with Crippen LogP contribution < -0.4 is 9.47 Å². The van der Waals surface area contributed by atoms with E-state index in [1.54, 1.807) is 30.8 Å². The molecule has 0 atom stereocenters. The third-order valence-corrected chi connectivity index (χ3v) is 6.42. The standard InChI is InChI=1S/C28H32FN3O4/c1-5-35-26(33)14-11-19-8-6-9-21(16-19)36-18-24-27(22-10-7-15-28(22,2)3)32(31-30-24)25-17-20(34-4)12-13-23(25)29/h6,8-10,12-13,16-17H,5,7,11,14-15,18H2,1-4H3. The summed E-state index contributed by atoms with van der Waals surface area (Å²) in [5, 5.41) is 8.72. The third-order valence-electron chi connectivity index (χ3n) is 6.42. The van der Waals surface area contributed by atoms with Crippen LogP contribution in [-0.4, -0.2) is 34.7 Å². The van der Waals surface area contributed by atoms with Crippen LogP contribution in [-0.2, 0) is 22.6 Å². The van der Waals surface area contributed by atoms with Crippen molar-refractivity contribution in [3.05, 3.63) is 71.3 Å². The number of hydrogen-bond acceptors (Lipinski definition) is 6. The quantitative estimate of drug-likeness (QED) is 0.338. The lowest BCUT2D eigenvalue weighted by Crippen LogP contribution is -2.15. The van der Waals surface area contributed by atoms with Crippen molar-refractivity contribution in [3.8, 4) is 17.2 Å². The van der Waals surface area contributed by atoms with Crippen LogP contribution in [0.3, 0.4) is 0 Å². The molecule has 0 radical (unpaired) electrons. The highest BCUT2D eigenvalue weighted by molar-refractivity contribution is 5.72. The maximum Gasteiger partial charge on any atom is 0.306 e.